The van der Waals surface area contributed by atoms with Gasteiger partial charge in [0.1, 0.15) is 5.52 Å². The van der Waals surface area contributed by atoms with E-state index in [0.29, 0.717) is 10.8 Å². The molecular formula is C5H4N5S. The minimum atomic E-state index is 0.575. The maximum Gasteiger partial charge on any atom is 0.205 e. The molecule has 5 nitrogen and oxygen atoms in total. The van der Waals surface area contributed by atoms with Gasteiger partial charge in [-0.3, -0.25) is 5.10 Å². The van der Waals surface area contributed by atoms with Crippen LogP contribution in [0.4, 0.5) is 0 Å². The summed E-state index contributed by atoms with van der Waals surface area (Å²) in [6, 6.07) is 0. The van der Waals surface area contributed by atoms with Gasteiger partial charge in [0.25, 0.3) is 0 Å². The smallest absolute Gasteiger partial charge is 0.205 e. The molecule has 0 aliphatic heterocycles. The number of aromatic amines is 1. The zero-order chi connectivity index (χ0) is 7.68. The third-order valence-corrected chi connectivity index (χ3v) is 1.65. The number of thioether (sulfide) groups is 1. The number of rotatable bonds is 1. The monoisotopic (exact) mass is 166 g/mol. The second-order valence-electron chi connectivity index (χ2n) is 1.85. The van der Waals surface area contributed by atoms with Crippen LogP contribution < -0.4 is 0 Å². The van der Waals surface area contributed by atoms with E-state index in [4.69, 9.17) is 0 Å². The molecule has 2 aromatic rings. The molecular weight excluding hydrogens is 162 g/mol. The van der Waals surface area contributed by atoms with Gasteiger partial charge >= 0.3 is 0 Å². The van der Waals surface area contributed by atoms with Gasteiger partial charge in [0.15, 0.2) is 5.16 Å². The van der Waals surface area contributed by atoms with Crippen molar-refractivity contribution in [1.29, 1.82) is 0 Å². The summed E-state index contributed by atoms with van der Waals surface area (Å²) in [5.41, 5.74) is 1.31. The Morgan fingerprint density at radius 2 is 2.45 bits per heavy atom. The zero-order valence-corrected chi connectivity index (χ0v) is 6.30. The van der Waals surface area contributed by atoms with Gasteiger partial charge in [0.05, 0.1) is 6.20 Å². The Morgan fingerprint density at radius 3 is 3.27 bits per heavy atom. The molecule has 55 valence electrons. The molecule has 0 saturated heterocycles. The van der Waals surface area contributed by atoms with Gasteiger partial charge in [-0.05, 0) is 0 Å². The Labute approximate surface area is 66.6 Å². The molecule has 0 atom stereocenters. The van der Waals surface area contributed by atoms with Crippen LogP contribution in [0.15, 0.2) is 11.4 Å². The minimum Gasteiger partial charge on any atom is -0.254 e. The van der Waals surface area contributed by atoms with Crippen molar-refractivity contribution in [1.82, 2.24) is 25.4 Å². The van der Waals surface area contributed by atoms with Crippen LogP contribution in [0.25, 0.3) is 11.2 Å². The van der Waals surface area contributed by atoms with E-state index in [2.05, 4.69) is 31.6 Å². The van der Waals surface area contributed by atoms with Gasteiger partial charge in [-0.15, -0.1) is 5.10 Å². The summed E-state index contributed by atoms with van der Waals surface area (Å²) >= 11 is 1.23. The molecule has 0 aliphatic rings. The van der Waals surface area contributed by atoms with Gasteiger partial charge in [-0.1, -0.05) is 17.0 Å². The standard InChI is InChI=1S/C5H4N5S/c1-11-5-6-2-3-4(7-5)9-10-8-3/h2H,1H2,(H,6,7,8,9,10). The van der Waals surface area contributed by atoms with E-state index in [9.17, 15) is 0 Å². The van der Waals surface area contributed by atoms with Crippen LogP contribution in [-0.4, -0.2) is 25.4 Å². The molecule has 11 heavy (non-hydrogen) atoms. The third-order valence-electron chi connectivity index (χ3n) is 1.19. The van der Waals surface area contributed by atoms with Crippen LogP contribution in [0.3, 0.4) is 0 Å². The first-order valence-electron chi connectivity index (χ1n) is 2.86. The number of hydrogen-bond acceptors (Lipinski definition) is 5. The molecule has 0 fully saturated rings. The molecule has 1 radical (unpaired) electrons. The molecule has 0 saturated carbocycles. The zero-order valence-electron chi connectivity index (χ0n) is 5.48. The number of nitrogens with one attached hydrogen (secondary N) is 1. The van der Waals surface area contributed by atoms with E-state index in [1.165, 1.54) is 11.8 Å². The van der Waals surface area contributed by atoms with E-state index >= 15 is 0 Å². The summed E-state index contributed by atoms with van der Waals surface area (Å²) in [7, 11) is 0. The third kappa shape index (κ3) is 1.05. The van der Waals surface area contributed by atoms with Crippen LogP contribution >= 0.6 is 11.8 Å². The minimum absolute atomic E-state index is 0.575. The summed E-state index contributed by atoms with van der Waals surface area (Å²) in [5, 5.41) is 10.6. The molecule has 0 spiro atoms. The Hall–Kier alpha value is -1.17. The van der Waals surface area contributed by atoms with Crippen molar-refractivity contribution >= 4 is 22.9 Å². The number of aromatic nitrogens is 5. The fourth-order valence-electron chi connectivity index (χ4n) is 0.708. The topological polar surface area (TPSA) is 67.3 Å². The van der Waals surface area contributed by atoms with Crippen molar-refractivity contribution in [3.05, 3.63) is 12.5 Å². The van der Waals surface area contributed by atoms with Crippen molar-refractivity contribution in [2.45, 2.75) is 5.16 Å². The molecule has 1 N–H and O–H groups in total. The first-order chi connectivity index (χ1) is 5.40. The maximum absolute atomic E-state index is 4.04. The summed E-state index contributed by atoms with van der Waals surface area (Å²) in [6.07, 6.45) is 5.22. The van der Waals surface area contributed by atoms with Crippen molar-refractivity contribution < 1.29 is 0 Å². The summed E-state index contributed by atoms with van der Waals surface area (Å²) in [5.74, 6) is 0. The van der Waals surface area contributed by atoms with Crippen molar-refractivity contribution in [3.63, 3.8) is 0 Å². The first kappa shape index (κ1) is 6.53. The molecule has 6 heteroatoms. The largest absolute Gasteiger partial charge is 0.254 e. The number of fused-ring (bicyclic) bond motifs is 1. The van der Waals surface area contributed by atoms with Crippen LogP contribution in [0.1, 0.15) is 0 Å². The van der Waals surface area contributed by atoms with Gasteiger partial charge in [0.2, 0.25) is 5.65 Å². The number of H-pyrrole nitrogens is 1. The van der Waals surface area contributed by atoms with Crippen LogP contribution in [-0.2, 0) is 0 Å². The fourth-order valence-corrected chi connectivity index (χ4v) is 0.986. The molecule has 0 aromatic carbocycles. The predicted molar refractivity (Wildman–Crippen MR) is 40.7 cm³/mol. The van der Waals surface area contributed by atoms with Gasteiger partial charge in [0, 0.05) is 6.26 Å². The van der Waals surface area contributed by atoms with Gasteiger partial charge in [-0.25, -0.2) is 4.98 Å². The lowest BCUT2D eigenvalue weighted by molar-refractivity contribution is 0.947. The molecule has 0 bridgehead atoms. The summed E-state index contributed by atoms with van der Waals surface area (Å²) in [4.78, 5) is 8.01. The predicted octanol–water partition coefficient (Wildman–Crippen LogP) is 0.632. The van der Waals surface area contributed by atoms with E-state index in [1.54, 1.807) is 6.20 Å². The molecule has 0 unspecified atom stereocenters. The van der Waals surface area contributed by atoms with E-state index < -0.39 is 0 Å². The Balaban J connectivity index is 2.67. The highest BCUT2D eigenvalue weighted by atomic mass is 32.2. The molecule has 0 aliphatic carbocycles. The van der Waals surface area contributed by atoms with Gasteiger partial charge in [-0.2, -0.15) is 4.98 Å². The normalized spacial score (nSPS) is 10.6. The molecule has 2 aromatic heterocycles. The number of nitrogens with zero attached hydrogens (tertiary/aromatic N) is 4. The average Bonchev–Trinajstić information content (AvgIpc) is 2.50. The number of hydrogen-bond donors (Lipinski definition) is 1. The van der Waals surface area contributed by atoms with E-state index in [-0.39, 0.29) is 0 Å². The molecule has 2 heterocycles. The molecule has 2 rings (SSSR count). The Morgan fingerprint density at radius 1 is 1.55 bits per heavy atom. The average molecular weight is 166 g/mol. The van der Waals surface area contributed by atoms with Crippen molar-refractivity contribution in [3.8, 4) is 0 Å². The molecule has 0 amide bonds. The second-order valence-corrected chi connectivity index (χ2v) is 2.50. The lowest BCUT2D eigenvalue weighted by Gasteiger charge is -1.89. The van der Waals surface area contributed by atoms with E-state index in [1.807, 2.05) is 0 Å². The van der Waals surface area contributed by atoms with Crippen LogP contribution in [0.2, 0.25) is 0 Å². The van der Waals surface area contributed by atoms with E-state index in [0.717, 1.165) is 5.52 Å². The van der Waals surface area contributed by atoms with Crippen LogP contribution in [0, 0.1) is 6.26 Å². The highest BCUT2D eigenvalue weighted by Gasteiger charge is 1.99. The first-order valence-corrected chi connectivity index (χ1v) is 3.84. The summed E-state index contributed by atoms with van der Waals surface area (Å²) < 4.78 is 0. The maximum atomic E-state index is 4.04. The Kier molecular flexibility index (Phi) is 1.46. The highest BCUT2D eigenvalue weighted by molar-refractivity contribution is 8.00. The van der Waals surface area contributed by atoms with Gasteiger partial charge < -0.3 is 0 Å². The Bertz CT molecular complexity index is 370. The SMILES string of the molecule is [CH2]Sc1ncc2[nH]nnc2n1. The fraction of sp³-hybridized carbons (Fsp3) is 0. The highest BCUT2D eigenvalue weighted by Crippen LogP contribution is 2.11. The second kappa shape index (κ2) is 2.46. The quantitative estimate of drug-likeness (QED) is 0.497. The van der Waals surface area contributed by atoms with Crippen molar-refractivity contribution in [2.24, 2.45) is 0 Å². The summed E-state index contributed by atoms with van der Waals surface area (Å²) in [6.45, 7) is 0. The van der Waals surface area contributed by atoms with Crippen LogP contribution in [0.5, 0.6) is 0 Å². The van der Waals surface area contributed by atoms with Crippen molar-refractivity contribution in [2.75, 3.05) is 0 Å². The lowest BCUT2D eigenvalue weighted by Crippen LogP contribution is -1.84. The lowest BCUT2D eigenvalue weighted by atomic mass is 10.6.